The number of aromatic amines is 1. The average molecular weight is 369 g/mol. The number of nitrogens with zero attached hydrogens (tertiary/aromatic N) is 1. The SMILES string of the molecule is C[C@H]([NH2+]C[C@@H](c1cccs1)c1c[nH]c2ccccc12)C(=O)N1CCCC1. The van der Waals surface area contributed by atoms with Gasteiger partial charge in [0.05, 0.1) is 12.5 Å². The van der Waals surface area contributed by atoms with Crippen LogP contribution >= 0.6 is 11.3 Å². The highest BCUT2D eigenvalue weighted by molar-refractivity contribution is 7.10. The van der Waals surface area contributed by atoms with E-state index in [0.717, 1.165) is 32.5 Å². The predicted octanol–water partition coefficient (Wildman–Crippen LogP) is 2.94. The molecule has 0 bridgehead atoms. The first kappa shape index (κ1) is 17.3. The number of carbonyl (C=O) groups excluding carboxylic acids is 1. The van der Waals surface area contributed by atoms with Crippen molar-refractivity contribution in [3.05, 3.63) is 58.4 Å². The molecule has 3 aromatic rings. The quantitative estimate of drug-likeness (QED) is 0.691. The number of likely N-dealkylation sites (tertiary alicyclic amines) is 1. The third-order valence-corrected chi connectivity index (χ3v) is 6.40. The summed E-state index contributed by atoms with van der Waals surface area (Å²) in [4.78, 5) is 19.4. The molecule has 2 aromatic heterocycles. The summed E-state index contributed by atoms with van der Waals surface area (Å²) in [6, 6.07) is 12.7. The minimum Gasteiger partial charge on any atom is -0.361 e. The zero-order valence-electron chi connectivity index (χ0n) is 15.2. The van der Waals surface area contributed by atoms with Crippen LogP contribution in [-0.4, -0.2) is 41.5 Å². The first-order valence-corrected chi connectivity index (χ1v) is 10.3. The smallest absolute Gasteiger partial charge is 0.280 e. The molecule has 4 rings (SSSR count). The first-order chi connectivity index (χ1) is 12.7. The average Bonchev–Trinajstić information content (AvgIpc) is 3.42. The molecule has 0 unspecified atom stereocenters. The Morgan fingerprint density at radius 1 is 1.23 bits per heavy atom. The highest BCUT2D eigenvalue weighted by atomic mass is 32.1. The number of rotatable bonds is 6. The molecule has 3 heterocycles. The van der Waals surface area contributed by atoms with Crippen LogP contribution in [-0.2, 0) is 4.79 Å². The lowest BCUT2D eigenvalue weighted by molar-refractivity contribution is -0.675. The van der Waals surface area contributed by atoms with Crippen LogP contribution in [0.4, 0.5) is 0 Å². The van der Waals surface area contributed by atoms with Crippen LogP contribution in [0.15, 0.2) is 48.0 Å². The maximum Gasteiger partial charge on any atom is 0.280 e. The van der Waals surface area contributed by atoms with Gasteiger partial charge in [-0.2, -0.15) is 0 Å². The number of aromatic nitrogens is 1. The number of hydrogen-bond donors (Lipinski definition) is 2. The van der Waals surface area contributed by atoms with Gasteiger partial charge in [0, 0.05) is 35.1 Å². The number of benzene rings is 1. The van der Waals surface area contributed by atoms with Gasteiger partial charge in [-0.05, 0) is 42.8 Å². The summed E-state index contributed by atoms with van der Waals surface area (Å²) in [5.74, 6) is 0.575. The molecule has 0 radical (unpaired) electrons. The number of para-hydroxylation sites is 1. The van der Waals surface area contributed by atoms with Crippen LogP contribution < -0.4 is 5.32 Å². The Kier molecular flexibility index (Phi) is 5.09. The fourth-order valence-corrected chi connectivity index (χ4v) is 4.79. The van der Waals surface area contributed by atoms with Crippen molar-refractivity contribution < 1.29 is 10.1 Å². The molecule has 1 saturated heterocycles. The molecular formula is C21H26N3OS+. The van der Waals surface area contributed by atoms with E-state index in [1.807, 2.05) is 11.8 Å². The summed E-state index contributed by atoms with van der Waals surface area (Å²) in [6.07, 6.45) is 4.42. The van der Waals surface area contributed by atoms with Crippen molar-refractivity contribution in [3.63, 3.8) is 0 Å². The molecule has 1 aliphatic heterocycles. The van der Waals surface area contributed by atoms with Gasteiger partial charge >= 0.3 is 0 Å². The lowest BCUT2D eigenvalue weighted by Gasteiger charge is -2.21. The number of amides is 1. The first-order valence-electron chi connectivity index (χ1n) is 9.45. The normalized spacial score (nSPS) is 16.9. The second kappa shape index (κ2) is 7.64. The van der Waals surface area contributed by atoms with Gasteiger partial charge < -0.3 is 15.2 Å². The fourth-order valence-electron chi connectivity index (χ4n) is 3.93. The van der Waals surface area contributed by atoms with Gasteiger partial charge in [-0.25, -0.2) is 0 Å². The Balaban J connectivity index is 1.54. The van der Waals surface area contributed by atoms with E-state index >= 15 is 0 Å². The van der Waals surface area contributed by atoms with E-state index in [1.54, 1.807) is 11.3 Å². The van der Waals surface area contributed by atoms with Crippen molar-refractivity contribution in [1.29, 1.82) is 0 Å². The molecule has 4 nitrogen and oxygen atoms in total. The van der Waals surface area contributed by atoms with Gasteiger partial charge in [-0.3, -0.25) is 4.79 Å². The van der Waals surface area contributed by atoms with E-state index in [4.69, 9.17) is 0 Å². The Morgan fingerprint density at radius 3 is 2.81 bits per heavy atom. The van der Waals surface area contributed by atoms with Crippen LogP contribution in [0.1, 0.15) is 36.1 Å². The van der Waals surface area contributed by atoms with Crippen molar-refractivity contribution in [1.82, 2.24) is 9.88 Å². The third kappa shape index (κ3) is 3.41. The second-order valence-corrected chi connectivity index (χ2v) is 8.13. The van der Waals surface area contributed by atoms with Crippen molar-refractivity contribution in [2.75, 3.05) is 19.6 Å². The molecule has 2 atom stereocenters. The molecule has 0 spiro atoms. The lowest BCUT2D eigenvalue weighted by Crippen LogP contribution is -2.92. The number of nitrogens with one attached hydrogen (secondary N) is 1. The number of hydrogen-bond acceptors (Lipinski definition) is 2. The highest BCUT2D eigenvalue weighted by Gasteiger charge is 2.28. The fraction of sp³-hybridized carbons (Fsp3) is 0.381. The van der Waals surface area contributed by atoms with Crippen LogP contribution in [0.2, 0.25) is 0 Å². The number of H-pyrrole nitrogens is 1. The van der Waals surface area contributed by atoms with E-state index in [2.05, 4.69) is 58.3 Å². The van der Waals surface area contributed by atoms with Crippen molar-refractivity contribution in [2.24, 2.45) is 0 Å². The summed E-state index contributed by atoms with van der Waals surface area (Å²) in [6.45, 7) is 4.77. The zero-order chi connectivity index (χ0) is 17.9. The standard InChI is InChI=1S/C21H25N3OS/c1-15(21(25)24-10-4-5-11-24)22-14-18(20-9-6-12-26-20)17-13-23-19-8-3-2-7-16(17)19/h2-3,6-9,12-13,15,18,22-23H,4-5,10-11,14H2,1H3/p+1/t15-,18+/m0/s1. The van der Waals surface area contributed by atoms with Gasteiger partial charge in [-0.15, -0.1) is 11.3 Å². The lowest BCUT2D eigenvalue weighted by atomic mass is 9.96. The number of fused-ring (bicyclic) bond motifs is 1. The summed E-state index contributed by atoms with van der Waals surface area (Å²) < 4.78 is 0. The molecule has 26 heavy (non-hydrogen) atoms. The van der Waals surface area contributed by atoms with Crippen molar-refractivity contribution in [2.45, 2.75) is 31.7 Å². The molecule has 1 aromatic carbocycles. The van der Waals surface area contributed by atoms with Gasteiger partial charge in [0.25, 0.3) is 5.91 Å². The Bertz CT molecular complexity index is 864. The molecule has 0 saturated carbocycles. The number of thiophene rings is 1. The summed E-state index contributed by atoms with van der Waals surface area (Å²) in [7, 11) is 0. The molecule has 5 heteroatoms. The van der Waals surface area contributed by atoms with Crippen LogP contribution in [0.25, 0.3) is 10.9 Å². The predicted molar refractivity (Wildman–Crippen MR) is 107 cm³/mol. The molecule has 0 aliphatic carbocycles. The van der Waals surface area contributed by atoms with Gasteiger partial charge in [0.1, 0.15) is 0 Å². The maximum atomic E-state index is 12.6. The Labute approximate surface area is 158 Å². The number of carbonyl (C=O) groups is 1. The van der Waals surface area contributed by atoms with Gasteiger partial charge in [-0.1, -0.05) is 24.3 Å². The topological polar surface area (TPSA) is 52.7 Å². The molecular weight excluding hydrogens is 342 g/mol. The summed E-state index contributed by atoms with van der Waals surface area (Å²) >= 11 is 1.79. The van der Waals surface area contributed by atoms with E-state index in [1.165, 1.54) is 21.3 Å². The van der Waals surface area contributed by atoms with Crippen molar-refractivity contribution >= 4 is 28.1 Å². The largest absolute Gasteiger partial charge is 0.361 e. The number of quaternary nitrogens is 1. The van der Waals surface area contributed by atoms with E-state index < -0.39 is 0 Å². The van der Waals surface area contributed by atoms with E-state index in [9.17, 15) is 4.79 Å². The van der Waals surface area contributed by atoms with E-state index in [-0.39, 0.29) is 11.9 Å². The minimum absolute atomic E-state index is 0.0271. The summed E-state index contributed by atoms with van der Waals surface area (Å²) in [5.41, 5.74) is 2.49. The molecule has 1 fully saturated rings. The Morgan fingerprint density at radius 2 is 2.04 bits per heavy atom. The molecule has 136 valence electrons. The second-order valence-electron chi connectivity index (χ2n) is 7.15. The van der Waals surface area contributed by atoms with Crippen LogP contribution in [0.5, 0.6) is 0 Å². The van der Waals surface area contributed by atoms with Gasteiger partial charge in [0.2, 0.25) is 0 Å². The van der Waals surface area contributed by atoms with E-state index in [0.29, 0.717) is 5.92 Å². The van der Waals surface area contributed by atoms with Crippen LogP contribution in [0, 0.1) is 0 Å². The third-order valence-electron chi connectivity index (χ3n) is 5.42. The molecule has 1 aliphatic rings. The molecule has 3 N–H and O–H groups in total. The Hall–Kier alpha value is -2.11. The zero-order valence-corrected chi connectivity index (χ0v) is 16.0. The highest BCUT2D eigenvalue weighted by Crippen LogP contribution is 2.32. The number of nitrogens with two attached hydrogens (primary N) is 1. The molecule has 1 amide bonds. The van der Waals surface area contributed by atoms with Gasteiger partial charge in [0.15, 0.2) is 6.04 Å². The maximum absolute atomic E-state index is 12.6. The monoisotopic (exact) mass is 368 g/mol. The van der Waals surface area contributed by atoms with Crippen molar-refractivity contribution in [3.8, 4) is 0 Å². The minimum atomic E-state index is -0.0271. The van der Waals surface area contributed by atoms with Crippen LogP contribution in [0.3, 0.4) is 0 Å². The summed E-state index contributed by atoms with van der Waals surface area (Å²) in [5, 5.41) is 5.63.